The van der Waals surface area contributed by atoms with Crippen molar-refractivity contribution >= 4 is 23.1 Å². The normalized spacial score (nSPS) is 10.6. The Hall–Kier alpha value is -3.08. The first-order valence-corrected chi connectivity index (χ1v) is 9.84. The van der Waals surface area contributed by atoms with Crippen LogP contribution in [-0.4, -0.2) is 23.1 Å². The standard InChI is InChI=1S/C23H29N5/c1-5-28(6-2)20-11-12-21(18(4)15-20)26-22-13-14-24-23(27-22)25-16-19-9-7-17(3)8-10-19/h7-15H,5-6,16H2,1-4H3,(H2,24,25,26,27). The third-order valence-corrected chi connectivity index (χ3v) is 4.83. The molecule has 0 saturated carbocycles. The summed E-state index contributed by atoms with van der Waals surface area (Å²) < 4.78 is 0. The van der Waals surface area contributed by atoms with Gasteiger partial charge in [-0.3, -0.25) is 0 Å². The lowest BCUT2D eigenvalue weighted by atomic mass is 10.1. The molecule has 0 fully saturated rings. The van der Waals surface area contributed by atoms with Crippen molar-refractivity contribution in [1.82, 2.24) is 9.97 Å². The lowest BCUT2D eigenvalue weighted by molar-refractivity contribution is 0.866. The number of nitrogens with one attached hydrogen (secondary N) is 2. The highest BCUT2D eigenvalue weighted by molar-refractivity contribution is 5.65. The van der Waals surface area contributed by atoms with Gasteiger partial charge in [0.2, 0.25) is 5.95 Å². The van der Waals surface area contributed by atoms with Crippen molar-refractivity contribution < 1.29 is 0 Å². The van der Waals surface area contributed by atoms with Crippen molar-refractivity contribution in [3.63, 3.8) is 0 Å². The van der Waals surface area contributed by atoms with Gasteiger partial charge in [0.05, 0.1) is 0 Å². The van der Waals surface area contributed by atoms with E-state index in [0.717, 1.165) is 24.6 Å². The highest BCUT2D eigenvalue weighted by Crippen LogP contribution is 2.25. The number of aryl methyl sites for hydroxylation is 2. The molecule has 146 valence electrons. The van der Waals surface area contributed by atoms with Gasteiger partial charge >= 0.3 is 0 Å². The first-order valence-electron chi connectivity index (χ1n) is 9.84. The van der Waals surface area contributed by atoms with E-state index >= 15 is 0 Å². The lowest BCUT2D eigenvalue weighted by Gasteiger charge is -2.22. The third kappa shape index (κ3) is 5.00. The van der Waals surface area contributed by atoms with Crippen LogP contribution in [-0.2, 0) is 6.54 Å². The summed E-state index contributed by atoms with van der Waals surface area (Å²) in [7, 11) is 0. The summed E-state index contributed by atoms with van der Waals surface area (Å²) in [6.07, 6.45) is 1.77. The van der Waals surface area contributed by atoms with E-state index in [1.165, 1.54) is 22.4 Å². The summed E-state index contributed by atoms with van der Waals surface area (Å²) >= 11 is 0. The van der Waals surface area contributed by atoms with Gasteiger partial charge in [0.1, 0.15) is 5.82 Å². The maximum atomic E-state index is 4.59. The van der Waals surface area contributed by atoms with E-state index in [0.29, 0.717) is 12.5 Å². The zero-order valence-corrected chi connectivity index (χ0v) is 17.2. The lowest BCUT2D eigenvalue weighted by Crippen LogP contribution is -2.21. The first kappa shape index (κ1) is 19.7. The van der Waals surface area contributed by atoms with Crippen LogP contribution in [0.2, 0.25) is 0 Å². The second kappa shape index (κ2) is 9.22. The Morgan fingerprint density at radius 3 is 2.36 bits per heavy atom. The molecule has 0 aliphatic heterocycles. The zero-order chi connectivity index (χ0) is 19.9. The van der Waals surface area contributed by atoms with Gasteiger partial charge in [-0.15, -0.1) is 0 Å². The van der Waals surface area contributed by atoms with Gasteiger partial charge in [0.15, 0.2) is 0 Å². The van der Waals surface area contributed by atoms with E-state index in [1.54, 1.807) is 6.20 Å². The summed E-state index contributed by atoms with van der Waals surface area (Å²) in [6.45, 7) is 11.3. The van der Waals surface area contributed by atoms with E-state index in [4.69, 9.17) is 0 Å². The van der Waals surface area contributed by atoms with Crippen LogP contribution in [0.5, 0.6) is 0 Å². The third-order valence-electron chi connectivity index (χ3n) is 4.83. The van der Waals surface area contributed by atoms with Crippen molar-refractivity contribution in [2.24, 2.45) is 0 Å². The second-order valence-electron chi connectivity index (χ2n) is 6.90. The van der Waals surface area contributed by atoms with Crippen LogP contribution >= 0.6 is 0 Å². The van der Waals surface area contributed by atoms with E-state index < -0.39 is 0 Å². The van der Waals surface area contributed by atoms with E-state index in [2.05, 4.69) is 95.7 Å². The Morgan fingerprint density at radius 2 is 1.68 bits per heavy atom. The number of aromatic nitrogens is 2. The molecule has 3 rings (SSSR count). The van der Waals surface area contributed by atoms with Gasteiger partial charge in [0.25, 0.3) is 0 Å². The number of rotatable bonds is 8. The van der Waals surface area contributed by atoms with Crippen LogP contribution in [0.25, 0.3) is 0 Å². The van der Waals surface area contributed by atoms with E-state index in [9.17, 15) is 0 Å². The minimum atomic E-state index is 0.614. The number of nitrogens with zero attached hydrogens (tertiary/aromatic N) is 3. The van der Waals surface area contributed by atoms with Crippen molar-refractivity contribution in [3.05, 3.63) is 71.4 Å². The quantitative estimate of drug-likeness (QED) is 0.560. The van der Waals surface area contributed by atoms with E-state index in [-0.39, 0.29) is 0 Å². The van der Waals surface area contributed by atoms with E-state index in [1.807, 2.05) is 6.07 Å². The fourth-order valence-corrected chi connectivity index (χ4v) is 3.11. The topological polar surface area (TPSA) is 53.1 Å². The second-order valence-corrected chi connectivity index (χ2v) is 6.90. The summed E-state index contributed by atoms with van der Waals surface area (Å²) in [5.41, 5.74) is 5.96. The van der Waals surface area contributed by atoms with Crippen molar-refractivity contribution in [2.45, 2.75) is 34.2 Å². The number of anilines is 4. The maximum Gasteiger partial charge on any atom is 0.224 e. The fraction of sp³-hybridized carbons (Fsp3) is 0.304. The monoisotopic (exact) mass is 375 g/mol. The maximum absolute atomic E-state index is 4.59. The van der Waals surface area contributed by atoms with Crippen LogP contribution in [0.15, 0.2) is 54.7 Å². The molecule has 28 heavy (non-hydrogen) atoms. The average molecular weight is 376 g/mol. The SMILES string of the molecule is CCN(CC)c1ccc(Nc2ccnc(NCc3ccc(C)cc3)n2)c(C)c1. The molecule has 1 heterocycles. The van der Waals surface area contributed by atoms with Gasteiger partial charge in [-0.2, -0.15) is 4.98 Å². The molecule has 0 radical (unpaired) electrons. The van der Waals surface area contributed by atoms with Crippen molar-refractivity contribution in [1.29, 1.82) is 0 Å². The highest BCUT2D eigenvalue weighted by Gasteiger charge is 2.06. The molecule has 2 aromatic carbocycles. The molecule has 0 spiro atoms. The van der Waals surface area contributed by atoms with Gasteiger partial charge in [-0.25, -0.2) is 4.98 Å². The smallest absolute Gasteiger partial charge is 0.224 e. The predicted octanol–water partition coefficient (Wildman–Crippen LogP) is 5.30. The Morgan fingerprint density at radius 1 is 0.929 bits per heavy atom. The Labute approximate surface area is 167 Å². The molecule has 3 aromatic rings. The van der Waals surface area contributed by atoms with Crippen LogP contribution in [0.3, 0.4) is 0 Å². The largest absolute Gasteiger partial charge is 0.372 e. The molecule has 0 aliphatic rings. The Balaban J connectivity index is 1.68. The molecule has 0 aliphatic carbocycles. The van der Waals surface area contributed by atoms with Crippen LogP contribution in [0, 0.1) is 13.8 Å². The molecular weight excluding hydrogens is 346 g/mol. The highest BCUT2D eigenvalue weighted by atomic mass is 15.1. The van der Waals surface area contributed by atoms with Gasteiger partial charge < -0.3 is 15.5 Å². The molecule has 0 atom stereocenters. The van der Waals surface area contributed by atoms with Gasteiger partial charge in [0, 0.05) is 37.2 Å². The average Bonchev–Trinajstić information content (AvgIpc) is 2.71. The van der Waals surface area contributed by atoms with Crippen LogP contribution < -0.4 is 15.5 Å². The number of benzene rings is 2. The molecule has 5 heteroatoms. The molecular formula is C23H29N5. The molecule has 0 bridgehead atoms. The number of hydrogen-bond acceptors (Lipinski definition) is 5. The van der Waals surface area contributed by atoms with Gasteiger partial charge in [-0.1, -0.05) is 29.8 Å². The predicted molar refractivity (Wildman–Crippen MR) is 119 cm³/mol. The summed E-state index contributed by atoms with van der Waals surface area (Å²) in [5.74, 6) is 1.39. The van der Waals surface area contributed by atoms with Gasteiger partial charge in [-0.05, 0) is 63.1 Å². The summed E-state index contributed by atoms with van der Waals surface area (Å²) in [6, 6.07) is 16.8. The molecule has 0 saturated heterocycles. The fourth-order valence-electron chi connectivity index (χ4n) is 3.11. The minimum Gasteiger partial charge on any atom is -0.372 e. The number of hydrogen-bond donors (Lipinski definition) is 2. The Kier molecular flexibility index (Phi) is 6.48. The molecule has 5 nitrogen and oxygen atoms in total. The van der Waals surface area contributed by atoms with Crippen molar-refractivity contribution in [3.8, 4) is 0 Å². The zero-order valence-electron chi connectivity index (χ0n) is 17.2. The molecule has 2 N–H and O–H groups in total. The molecule has 0 unspecified atom stereocenters. The first-order chi connectivity index (χ1) is 13.6. The molecule has 0 amide bonds. The van der Waals surface area contributed by atoms with Crippen molar-refractivity contribution in [2.75, 3.05) is 28.6 Å². The Bertz CT molecular complexity index is 901. The summed E-state index contributed by atoms with van der Waals surface area (Å²) in [4.78, 5) is 11.3. The van der Waals surface area contributed by atoms with Crippen LogP contribution in [0.1, 0.15) is 30.5 Å². The van der Waals surface area contributed by atoms with Crippen LogP contribution in [0.4, 0.5) is 23.1 Å². The minimum absolute atomic E-state index is 0.614. The summed E-state index contributed by atoms with van der Waals surface area (Å²) in [5, 5.41) is 6.70. The molecule has 1 aromatic heterocycles.